The van der Waals surface area contributed by atoms with Crippen LogP contribution in [0.25, 0.3) is 0 Å². The molecule has 1 heterocycles. The molecule has 28 heavy (non-hydrogen) atoms. The van der Waals surface area contributed by atoms with Crippen LogP contribution in [0.15, 0.2) is 42.5 Å². The van der Waals surface area contributed by atoms with E-state index in [1.165, 1.54) is 12.1 Å². The molecule has 2 N–H and O–H groups in total. The van der Waals surface area contributed by atoms with E-state index in [-0.39, 0.29) is 11.9 Å². The summed E-state index contributed by atoms with van der Waals surface area (Å²) >= 11 is -2.17. The number of hydrogen-bond donors (Lipinski definition) is 2. The smallest absolute Gasteiger partial charge is 0.259 e. The maximum Gasteiger partial charge on any atom is 0.259 e. The van der Waals surface area contributed by atoms with Gasteiger partial charge in [0.2, 0.25) is 0 Å². The summed E-state index contributed by atoms with van der Waals surface area (Å²) < 4.78 is 48.6. The van der Waals surface area contributed by atoms with Gasteiger partial charge in [-0.1, -0.05) is 0 Å². The zero-order valence-electron chi connectivity index (χ0n) is 15.3. The minimum absolute atomic E-state index is 0.0672. The Morgan fingerprint density at radius 1 is 1.18 bits per heavy atom. The first-order valence-electron chi connectivity index (χ1n) is 8.77. The zero-order valence-corrected chi connectivity index (χ0v) is 16.1. The molecule has 1 aliphatic rings. The van der Waals surface area contributed by atoms with Crippen molar-refractivity contribution in [3.63, 3.8) is 0 Å². The lowest BCUT2D eigenvalue weighted by molar-refractivity contribution is 0.0475. The second-order valence-electron chi connectivity index (χ2n) is 6.79. The van der Waals surface area contributed by atoms with Crippen molar-refractivity contribution >= 4 is 22.9 Å². The molecule has 1 fully saturated rings. The fraction of sp³-hybridized carbons (Fsp3) is 0.316. The van der Waals surface area contributed by atoms with E-state index in [4.69, 9.17) is 4.55 Å². The molecule has 0 aliphatic carbocycles. The number of nitrogens with one attached hydrogen (secondary N) is 1. The summed E-state index contributed by atoms with van der Waals surface area (Å²) in [6.07, 6.45) is 0. The van der Waals surface area contributed by atoms with Crippen LogP contribution in [0.2, 0.25) is 0 Å². The summed E-state index contributed by atoms with van der Waals surface area (Å²) in [5.74, 6) is -1.32. The molecule has 1 unspecified atom stereocenters. The molecule has 1 saturated heterocycles. The predicted molar refractivity (Wildman–Crippen MR) is 103 cm³/mol. The van der Waals surface area contributed by atoms with E-state index in [2.05, 4.69) is 9.62 Å². The van der Waals surface area contributed by atoms with E-state index in [1.54, 1.807) is 29.2 Å². The Hall–Kier alpha value is -2.36. The highest BCUT2D eigenvalue weighted by atomic mass is 32.2. The molecular weight excluding hydrogens is 388 g/mol. The Bertz CT molecular complexity index is 859. The Morgan fingerprint density at radius 2 is 1.82 bits per heavy atom. The van der Waals surface area contributed by atoms with Gasteiger partial charge in [-0.3, -0.25) is 19.0 Å². The molecular formula is C19H21F2N3O3S. The maximum absolute atomic E-state index is 13.4. The van der Waals surface area contributed by atoms with Crippen molar-refractivity contribution < 1.29 is 22.3 Å². The molecule has 0 saturated carbocycles. The van der Waals surface area contributed by atoms with Crippen molar-refractivity contribution in [2.75, 3.05) is 24.4 Å². The second-order valence-corrected chi connectivity index (χ2v) is 7.49. The van der Waals surface area contributed by atoms with E-state index in [9.17, 15) is 17.8 Å². The number of nitrogens with zero attached hydrogens (tertiary/aromatic N) is 2. The zero-order chi connectivity index (χ0) is 20.3. The molecule has 9 heteroatoms. The van der Waals surface area contributed by atoms with Gasteiger partial charge in [0, 0.05) is 49.5 Å². The SMILES string of the molecule is C[C@@H]1CN(Cc2cc(F)cc(F)c2)CCN1C(=O)c1ccc(NS(=O)O)cc1. The number of benzene rings is 2. The summed E-state index contributed by atoms with van der Waals surface area (Å²) in [6.45, 7) is 4.03. The van der Waals surface area contributed by atoms with Gasteiger partial charge in [-0.25, -0.2) is 13.0 Å². The summed E-state index contributed by atoms with van der Waals surface area (Å²) in [7, 11) is 0. The largest absolute Gasteiger partial charge is 0.333 e. The van der Waals surface area contributed by atoms with Crippen LogP contribution in [0.3, 0.4) is 0 Å². The van der Waals surface area contributed by atoms with Gasteiger partial charge in [0.25, 0.3) is 17.2 Å². The second kappa shape index (κ2) is 8.76. The lowest BCUT2D eigenvalue weighted by Gasteiger charge is -2.40. The van der Waals surface area contributed by atoms with Gasteiger partial charge in [-0.05, 0) is 48.9 Å². The summed E-state index contributed by atoms with van der Waals surface area (Å²) in [6, 6.07) is 9.77. The van der Waals surface area contributed by atoms with Gasteiger partial charge in [-0.15, -0.1) is 0 Å². The van der Waals surface area contributed by atoms with Crippen LogP contribution in [-0.2, 0) is 17.8 Å². The number of anilines is 1. The van der Waals surface area contributed by atoms with Gasteiger partial charge in [0.1, 0.15) is 11.6 Å². The third-order valence-corrected chi connectivity index (χ3v) is 5.05. The lowest BCUT2D eigenvalue weighted by atomic mass is 10.1. The highest BCUT2D eigenvalue weighted by Gasteiger charge is 2.28. The molecule has 2 aromatic rings. The number of carbonyl (C=O) groups is 1. The molecule has 0 spiro atoms. The summed E-state index contributed by atoms with van der Waals surface area (Å²) in [4.78, 5) is 16.6. The van der Waals surface area contributed by atoms with Crippen molar-refractivity contribution in [2.24, 2.45) is 0 Å². The monoisotopic (exact) mass is 409 g/mol. The molecule has 1 amide bonds. The number of hydrogen-bond acceptors (Lipinski definition) is 3. The summed E-state index contributed by atoms with van der Waals surface area (Å²) in [5.41, 5.74) is 1.49. The standard InChI is InChI=1S/C19H21F2N3O3S/c1-13-11-23(12-14-8-16(20)10-17(21)9-14)6-7-24(13)19(25)15-2-4-18(5-3-15)22-28(26)27/h2-5,8-10,13,22H,6-7,11-12H2,1H3,(H,26,27)/t13-/m1/s1. The Balaban J connectivity index is 1.61. The molecule has 0 bridgehead atoms. The van der Waals surface area contributed by atoms with E-state index in [0.717, 1.165) is 6.07 Å². The van der Waals surface area contributed by atoms with Crippen LogP contribution in [0.4, 0.5) is 14.5 Å². The van der Waals surface area contributed by atoms with Gasteiger partial charge >= 0.3 is 0 Å². The Morgan fingerprint density at radius 3 is 2.39 bits per heavy atom. The van der Waals surface area contributed by atoms with Crippen LogP contribution in [-0.4, -0.2) is 50.1 Å². The molecule has 3 rings (SSSR count). The first-order valence-corrected chi connectivity index (χ1v) is 9.88. The quantitative estimate of drug-likeness (QED) is 0.745. The Labute approximate surface area is 164 Å². The van der Waals surface area contributed by atoms with Crippen molar-refractivity contribution in [1.29, 1.82) is 0 Å². The normalized spacial score (nSPS) is 18.7. The van der Waals surface area contributed by atoms with Gasteiger partial charge in [-0.2, -0.15) is 0 Å². The number of rotatable bonds is 5. The average molecular weight is 409 g/mol. The van der Waals surface area contributed by atoms with Crippen molar-refractivity contribution in [3.8, 4) is 0 Å². The van der Waals surface area contributed by atoms with Crippen molar-refractivity contribution in [3.05, 3.63) is 65.2 Å². The predicted octanol–water partition coefficient (Wildman–Crippen LogP) is 2.86. The number of carbonyl (C=O) groups excluding carboxylic acids is 1. The first kappa shape index (κ1) is 20.4. The third kappa shape index (κ3) is 5.12. The summed E-state index contributed by atoms with van der Waals surface area (Å²) in [5, 5.41) is 0. The van der Waals surface area contributed by atoms with E-state index >= 15 is 0 Å². The highest BCUT2D eigenvalue weighted by Crippen LogP contribution is 2.18. The van der Waals surface area contributed by atoms with Crippen LogP contribution in [0, 0.1) is 11.6 Å². The molecule has 2 atom stereocenters. The number of piperazine rings is 1. The van der Waals surface area contributed by atoms with Crippen LogP contribution >= 0.6 is 0 Å². The first-order chi connectivity index (χ1) is 13.3. The molecule has 6 nitrogen and oxygen atoms in total. The minimum Gasteiger partial charge on any atom is -0.333 e. The van der Waals surface area contributed by atoms with Gasteiger partial charge in [0.15, 0.2) is 0 Å². The minimum atomic E-state index is -2.17. The Kier molecular flexibility index (Phi) is 6.38. The molecule has 0 radical (unpaired) electrons. The van der Waals surface area contributed by atoms with E-state index in [1.807, 2.05) is 6.92 Å². The van der Waals surface area contributed by atoms with E-state index in [0.29, 0.717) is 43.0 Å². The third-order valence-electron chi connectivity index (χ3n) is 4.64. The number of halogens is 2. The number of amides is 1. The van der Waals surface area contributed by atoms with Crippen LogP contribution < -0.4 is 4.72 Å². The topological polar surface area (TPSA) is 72.9 Å². The van der Waals surface area contributed by atoms with Crippen molar-refractivity contribution in [1.82, 2.24) is 9.80 Å². The fourth-order valence-corrected chi connectivity index (χ4v) is 3.72. The molecule has 2 aromatic carbocycles. The fourth-order valence-electron chi connectivity index (χ4n) is 3.39. The highest BCUT2D eigenvalue weighted by molar-refractivity contribution is 7.80. The van der Waals surface area contributed by atoms with Crippen molar-refractivity contribution in [2.45, 2.75) is 19.5 Å². The molecule has 1 aliphatic heterocycles. The van der Waals surface area contributed by atoms with Gasteiger partial charge < -0.3 is 4.90 Å². The van der Waals surface area contributed by atoms with Crippen LogP contribution in [0.1, 0.15) is 22.8 Å². The van der Waals surface area contributed by atoms with Crippen LogP contribution in [0.5, 0.6) is 0 Å². The average Bonchev–Trinajstić information content (AvgIpc) is 2.60. The lowest BCUT2D eigenvalue weighted by Crippen LogP contribution is -2.53. The molecule has 0 aromatic heterocycles. The van der Waals surface area contributed by atoms with E-state index < -0.39 is 22.9 Å². The molecule has 150 valence electrons. The van der Waals surface area contributed by atoms with Gasteiger partial charge in [0.05, 0.1) is 0 Å². The maximum atomic E-state index is 13.4.